The van der Waals surface area contributed by atoms with Crippen LogP contribution in [0.2, 0.25) is 0 Å². The minimum absolute atomic E-state index is 0.186. The van der Waals surface area contributed by atoms with Crippen molar-refractivity contribution in [2.24, 2.45) is 5.92 Å². The molecule has 1 heterocycles. The molecule has 2 aromatic carbocycles. The molecular formula is C21H24BrN3O4S. The van der Waals surface area contributed by atoms with Gasteiger partial charge < -0.3 is 10.2 Å². The zero-order valence-electron chi connectivity index (χ0n) is 17.0. The standard InChI is InChI=1S/C21H24BrN3O4S/c1-14(15-7-9-18(10-8-15)30(28,29)24(2)3)23-20(26)19-11-12-25(21(19)27)17-6-4-5-16(22)13-17/h4-10,13-14,19H,11-12H2,1-3H3,(H,23,26). The SMILES string of the molecule is CC(NC(=O)C1CCN(c2cccc(Br)c2)C1=O)c1ccc(S(=O)(=O)N(C)C)cc1. The molecule has 1 saturated heterocycles. The summed E-state index contributed by atoms with van der Waals surface area (Å²) in [4.78, 5) is 27.3. The Morgan fingerprint density at radius 3 is 2.47 bits per heavy atom. The number of carbonyl (C=O) groups is 2. The number of halogens is 1. The van der Waals surface area contributed by atoms with Crippen molar-refractivity contribution >= 4 is 43.5 Å². The van der Waals surface area contributed by atoms with Gasteiger partial charge in [-0.05, 0) is 49.2 Å². The molecule has 160 valence electrons. The van der Waals surface area contributed by atoms with Gasteiger partial charge in [0.05, 0.1) is 10.9 Å². The van der Waals surface area contributed by atoms with Gasteiger partial charge in [-0.3, -0.25) is 9.59 Å². The smallest absolute Gasteiger partial charge is 0.242 e. The van der Waals surface area contributed by atoms with Gasteiger partial charge in [-0.1, -0.05) is 34.1 Å². The van der Waals surface area contributed by atoms with Crippen molar-refractivity contribution in [2.45, 2.75) is 24.3 Å². The molecule has 1 aliphatic rings. The predicted molar refractivity (Wildman–Crippen MR) is 118 cm³/mol. The van der Waals surface area contributed by atoms with Crippen LogP contribution in [0.25, 0.3) is 0 Å². The van der Waals surface area contributed by atoms with E-state index in [2.05, 4.69) is 21.2 Å². The Balaban J connectivity index is 1.67. The Labute approximate surface area is 185 Å². The molecule has 30 heavy (non-hydrogen) atoms. The quantitative estimate of drug-likeness (QED) is 0.626. The van der Waals surface area contributed by atoms with E-state index in [1.54, 1.807) is 24.0 Å². The fourth-order valence-corrected chi connectivity index (χ4v) is 4.65. The molecule has 2 atom stereocenters. The van der Waals surface area contributed by atoms with Crippen molar-refractivity contribution in [1.29, 1.82) is 0 Å². The molecule has 0 aliphatic carbocycles. The number of rotatable bonds is 6. The van der Waals surface area contributed by atoms with Gasteiger partial charge in [-0.2, -0.15) is 0 Å². The molecule has 1 N–H and O–H groups in total. The van der Waals surface area contributed by atoms with Crippen molar-refractivity contribution in [3.63, 3.8) is 0 Å². The Kier molecular flexibility index (Phi) is 6.64. The summed E-state index contributed by atoms with van der Waals surface area (Å²) in [5.74, 6) is -1.28. The van der Waals surface area contributed by atoms with Crippen LogP contribution in [0.1, 0.15) is 24.9 Å². The van der Waals surface area contributed by atoms with E-state index in [0.29, 0.717) is 13.0 Å². The maximum absolute atomic E-state index is 12.8. The van der Waals surface area contributed by atoms with Crippen molar-refractivity contribution in [1.82, 2.24) is 9.62 Å². The van der Waals surface area contributed by atoms with Crippen molar-refractivity contribution in [3.8, 4) is 0 Å². The Morgan fingerprint density at radius 2 is 1.87 bits per heavy atom. The summed E-state index contributed by atoms with van der Waals surface area (Å²) >= 11 is 3.40. The molecule has 0 saturated carbocycles. The fourth-order valence-electron chi connectivity index (χ4n) is 3.36. The van der Waals surface area contributed by atoms with Crippen LogP contribution in [0.3, 0.4) is 0 Å². The highest BCUT2D eigenvalue weighted by atomic mass is 79.9. The molecular weight excluding hydrogens is 470 g/mol. The first-order chi connectivity index (χ1) is 14.1. The summed E-state index contributed by atoms with van der Waals surface area (Å²) in [6.07, 6.45) is 0.448. The third-order valence-electron chi connectivity index (χ3n) is 5.16. The summed E-state index contributed by atoms with van der Waals surface area (Å²) in [6, 6.07) is 13.4. The largest absolute Gasteiger partial charge is 0.349 e. The van der Waals surface area contributed by atoms with Gasteiger partial charge in [0.15, 0.2) is 0 Å². The lowest BCUT2D eigenvalue weighted by atomic mass is 10.0. The van der Waals surface area contributed by atoms with Crippen LogP contribution < -0.4 is 10.2 Å². The van der Waals surface area contributed by atoms with Gasteiger partial charge in [0.25, 0.3) is 0 Å². The van der Waals surface area contributed by atoms with E-state index < -0.39 is 15.9 Å². The van der Waals surface area contributed by atoms with E-state index in [4.69, 9.17) is 0 Å². The second-order valence-electron chi connectivity index (χ2n) is 7.40. The third-order valence-corrected chi connectivity index (χ3v) is 7.48. The molecule has 3 rings (SSSR count). The number of amides is 2. The highest BCUT2D eigenvalue weighted by molar-refractivity contribution is 9.10. The van der Waals surface area contributed by atoms with E-state index >= 15 is 0 Å². The number of anilines is 1. The molecule has 2 aromatic rings. The van der Waals surface area contributed by atoms with Gasteiger partial charge >= 0.3 is 0 Å². The second kappa shape index (κ2) is 8.87. The maximum atomic E-state index is 12.8. The first-order valence-corrected chi connectivity index (χ1v) is 11.7. The van der Waals surface area contributed by atoms with Gasteiger partial charge in [0.2, 0.25) is 21.8 Å². The van der Waals surface area contributed by atoms with Crippen LogP contribution in [0.15, 0.2) is 57.9 Å². The minimum Gasteiger partial charge on any atom is -0.349 e. The Morgan fingerprint density at radius 1 is 1.20 bits per heavy atom. The summed E-state index contributed by atoms with van der Waals surface area (Å²) in [6.45, 7) is 2.29. The fraction of sp³-hybridized carbons (Fsp3) is 0.333. The number of nitrogens with one attached hydrogen (secondary N) is 1. The molecule has 0 radical (unpaired) electrons. The lowest BCUT2D eigenvalue weighted by molar-refractivity contribution is -0.132. The van der Waals surface area contributed by atoms with Gasteiger partial charge in [-0.15, -0.1) is 0 Å². The van der Waals surface area contributed by atoms with Crippen molar-refractivity contribution in [2.75, 3.05) is 25.5 Å². The molecule has 7 nitrogen and oxygen atoms in total. The topological polar surface area (TPSA) is 86.8 Å². The number of carbonyl (C=O) groups excluding carboxylic acids is 2. The lowest BCUT2D eigenvalue weighted by Gasteiger charge is -2.19. The molecule has 1 aliphatic heterocycles. The van der Waals surface area contributed by atoms with Crippen LogP contribution in [0, 0.1) is 5.92 Å². The summed E-state index contributed by atoms with van der Waals surface area (Å²) < 4.78 is 26.4. The van der Waals surface area contributed by atoms with Crippen LogP contribution >= 0.6 is 15.9 Å². The zero-order valence-corrected chi connectivity index (χ0v) is 19.4. The van der Waals surface area contributed by atoms with Gasteiger partial charge in [0, 0.05) is 30.8 Å². The van der Waals surface area contributed by atoms with Gasteiger partial charge in [0.1, 0.15) is 5.92 Å². The van der Waals surface area contributed by atoms with Crippen LogP contribution in [-0.2, 0) is 19.6 Å². The lowest BCUT2D eigenvalue weighted by Crippen LogP contribution is -2.38. The number of sulfonamides is 1. The molecule has 2 amide bonds. The number of nitrogens with zero attached hydrogens (tertiary/aromatic N) is 2. The molecule has 0 bridgehead atoms. The van der Waals surface area contributed by atoms with Crippen LogP contribution in [-0.4, -0.2) is 45.2 Å². The highest BCUT2D eigenvalue weighted by Crippen LogP contribution is 2.28. The first-order valence-electron chi connectivity index (χ1n) is 9.51. The molecule has 0 aromatic heterocycles. The zero-order chi connectivity index (χ0) is 22.1. The highest BCUT2D eigenvalue weighted by Gasteiger charge is 2.38. The summed E-state index contributed by atoms with van der Waals surface area (Å²) in [5, 5.41) is 2.88. The second-order valence-corrected chi connectivity index (χ2v) is 10.5. The number of hydrogen-bond donors (Lipinski definition) is 1. The van der Waals surface area contributed by atoms with Crippen LogP contribution in [0.4, 0.5) is 5.69 Å². The molecule has 9 heteroatoms. The van der Waals surface area contributed by atoms with Gasteiger partial charge in [-0.25, -0.2) is 12.7 Å². The Hall–Kier alpha value is -2.23. The monoisotopic (exact) mass is 493 g/mol. The average Bonchev–Trinajstić information content (AvgIpc) is 3.09. The van der Waals surface area contributed by atoms with Crippen LogP contribution in [0.5, 0.6) is 0 Å². The normalized spacial score (nSPS) is 18.0. The molecule has 0 spiro atoms. The van der Waals surface area contributed by atoms with Crippen molar-refractivity contribution < 1.29 is 18.0 Å². The van der Waals surface area contributed by atoms with E-state index in [1.807, 2.05) is 24.3 Å². The minimum atomic E-state index is -3.51. The van der Waals surface area contributed by atoms with E-state index in [1.165, 1.54) is 26.2 Å². The Bertz CT molecular complexity index is 1050. The van der Waals surface area contributed by atoms with E-state index in [-0.39, 0.29) is 22.8 Å². The van der Waals surface area contributed by atoms with E-state index in [9.17, 15) is 18.0 Å². The number of hydrogen-bond acceptors (Lipinski definition) is 4. The van der Waals surface area contributed by atoms with E-state index in [0.717, 1.165) is 20.0 Å². The average molecular weight is 494 g/mol. The maximum Gasteiger partial charge on any atom is 0.242 e. The van der Waals surface area contributed by atoms with Crippen molar-refractivity contribution in [3.05, 3.63) is 58.6 Å². The predicted octanol–water partition coefficient (Wildman–Crippen LogP) is 2.93. The summed E-state index contributed by atoms with van der Waals surface area (Å²) in [7, 11) is -0.557. The number of benzene rings is 2. The summed E-state index contributed by atoms with van der Waals surface area (Å²) in [5.41, 5.74) is 1.52. The molecule has 1 fully saturated rings. The molecule has 2 unspecified atom stereocenters. The third kappa shape index (κ3) is 4.58. The first kappa shape index (κ1) is 22.5.